The van der Waals surface area contributed by atoms with Crippen LogP contribution in [0.2, 0.25) is 0 Å². The summed E-state index contributed by atoms with van der Waals surface area (Å²) in [6, 6.07) is 28.7. The lowest BCUT2D eigenvalue weighted by atomic mass is 10.0. The van der Waals surface area contributed by atoms with Crippen molar-refractivity contribution in [1.29, 1.82) is 0 Å². The number of nitrogens with one attached hydrogen (secondary N) is 1. The molecule has 9 rings (SSSR count). The van der Waals surface area contributed by atoms with E-state index in [1.165, 1.54) is 9.36 Å². The molecule has 19 heteroatoms. The standard InChI is InChI=1S/C27H28N4O5.C24H23BrN4O5/c1-3-36-27(34)24-22-15-17-30(19-9-7-18(8-10-19)29-16-5-4-6-23(29)32)26(33)25(22)31(28-24)20-11-13-21(35-2)14-12-20;1-3-34-24(32)21-19-12-13-28(16-6-4-15(5-7-16)26-20(30)14-25)23(31)22(19)29(27-21)17-8-10-18(33-2)11-9-17/h7-14H,3-6,15-17H2,1-2H3;4-11H,3,12-14H2,1-2H3,(H,26,30). The zero-order valence-corrected chi connectivity index (χ0v) is 40.7. The van der Waals surface area contributed by atoms with Crippen LogP contribution in [0, 0.1) is 0 Å². The van der Waals surface area contributed by atoms with Gasteiger partial charge in [-0.25, -0.2) is 19.0 Å². The van der Waals surface area contributed by atoms with Crippen molar-refractivity contribution in [2.45, 2.75) is 46.0 Å². The molecular weight excluding hydrogens is 965 g/mol. The molecule has 0 atom stereocenters. The fraction of sp³-hybridized carbons (Fsp3) is 0.294. The average molecular weight is 1020 g/mol. The number of piperidine rings is 1. The van der Waals surface area contributed by atoms with Crippen LogP contribution in [0.15, 0.2) is 97.1 Å². The third-order valence-electron chi connectivity index (χ3n) is 12.0. The summed E-state index contributed by atoms with van der Waals surface area (Å²) in [5.74, 6) is -0.337. The summed E-state index contributed by atoms with van der Waals surface area (Å²) >= 11 is 3.12. The van der Waals surface area contributed by atoms with E-state index >= 15 is 0 Å². The quantitative estimate of drug-likeness (QED) is 0.0892. The van der Waals surface area contributed by atoms with Gasteiger partial charge in [0.1, 0.15) is 22.9 Å². The van der Waals surface area contributed by atoms with Crippen LogP contribution in [-0.2, 0) is 31.9 Å². The minimum absolute atomic E-state index is 0.127. The number of esters is 2. The van der Waals surface area contributed by atoms with Crippen LogP contribution in [0.3, 0.4) is 0 Å². The number of carbonyl (C=O) groups is 6. The molecule has 362 valence electrons. The zero-order valence-electron chi connectivity index (χ0n) is 39.1. The smallest absolute Gasteiger partial charge is 0.359 e. The second-order valence-corrected chi connectivity index (χ2v) is 16.7. The molecule has 0 bridgehead atoms. The van der Waals surface area contributed by atoms with E-state index in [1.807, 2.05) is 24.3 Å². The van der Waals surface area contributed by atoms with Crippen LogP contribution in [0.5, 0.6) is 11.5 Å². The predicted octanol–water partition coefficient (Wildman–Crippen LogP) is 7.37. The van der Waals surface area contributed by atoms with Crippen molar-refractivity contribution in [3.05, 3.63) is 131 Å². The highest BCUT2D eigenvalue weighted by atomic mass is 79.9. The minimum Gasteiger partial charge on any atom is -0.497 e. The third-order valence-corrected chi connectivity index (χ3v) is 12.5. The highest BCUT2D eigenvalue weighted by molar-refractivity contribution is 9.09. The number of anilines is 4. The first kappa shape index (κ1) is 48.6. The Labute approximate surface area is 412 Å². The number of fused-ring (bicyclic) bond motifs is 2. The van der Waals surface area contributed by atoms with Gasteiger partial charge in [0, 0.05) is 59.9 Å². The summed E-state index contributed by atoms with van der Waals surface area (Å²) in [6.45, 7) is 5.37. The number of aromatic nitrogens is 4. The van der Waals surface area contributed by atoms with E-state index in [4.69, 9.17) is 18.9 Å². The summed E-state index contributed by atoms with van der Waals surface area (Å²) in [4.78, 5) is 81.7. The molecule has 18 nitrogen and oxygen atoms in total. The van der Waals surface area contributed by atoms with E-state index in [0.29, 0.717) is 95.7 Å². The molecule has 0 saturated carbocycles. The number of halogens is 1. The fourth-order valence-electron chi connectivity index (χ4n) is 8.57. The van der Waals surface area contributed by atoms with Gasteiger partial charge >= 0.3 is 11.9 Å². The van der Waals surface area contributed by atoms with Gasteiger partial charge in [-0.1, -0.05) is 15.9 Å². The Kier molecular flexibility index (Phi) is 15.1. The molecule has 0 unspecified atom stereocenters. The van der Waals surface area contributed by atoms with Crippen LogP contribution in [0.1, 0.15) is 86.2 Å². The number of alkyl halides is 1. The molecule has 1 fully saturated rings. The molecule has 5 heterocycles. The van der Waals surface area contributed by atoms with Gasteiger partial charge in [-0.2, -0.15) is 10.2 Å². The van der Waals surface area contributed by atoms with Gasteiger partial charge in [0.2, 0.25) is 11.8 Å². The molecule has 6 aromatic rings. The summed E-state index contributed by atoms with van der Waals surface area (Å²) in [7, 11) is 3.15. The fourth-order valence-corrected chi connectivity index (χ4v) is 8.71. The normalized spacial score (nSPS) is 14.2. The van der Waals surface area contributed by atoms with Crippen molar-refractivity contribution < 1.29 is 47.7 Å². The van der Waals surface area contributed by atoms with Gasteiger partial charge in [-0.15, -0.1) is 0 Å². The van der Waals surface area contributed by atoms with Crippen LogP contribution in [-0.4, -0.2) is 108 Å². The number of methoxy groups -OCH3 is 2. The van der Waals surface area contributed by atoms with Crippen molar-refractivity contribution in [3.8, 4) is 22.9 Å². The minimum atomic E-state index is -0.556. The maximum atomic E-state index is 13.8. The van der Waals surface area contributed by atoms with Gasteiger partial charge in [-0.05, 0) is 137 Å². The van der Waals surface area contributed by atoms with Crippen molar-refractivity contribution >= 4 is 74.2 Å². The van der Waals surface area contributed by atoms with Crippen molar-refractivity contribution in [2.24, 2.45) is 0 Å². The summed E-state index contributed by atoms with van der Waals surface area (Å²) in [6.07, 6.45) is 3.37. The third kappa shape index (κ3) is 10.0. The molecule has 70 heavy (non-hydrogen) atoms. The highest BCUT2D eigenvalue weighted by Gasteiger charge is 2.37. The number of ether oxygens (including phenoxy) is 4. The number of amides is 4. The van der Waals surface area contributed by atoms with Crippen molar-refractivity contribution in [3.63, 3.8) is 0 Å². The van der Waals surface area contributed by atoms with Gasteiger partial charge in [0.05, 0.1) is 44.1 Å². The lowest BCUT2D eigenvalue weighted by molar-refractivity contribution is -0.119. The van der Waals surface area contributed by atoms with Crippen molar-refractivity contribution in [2.75, 3.05) is 72.4 Å². The first-order chi connectivity index (χ1) is 34.0. The molecular formula is C51H51BrN8O10. The number of benzene rings is 4. The summed E-state index contributed by atoms with van der Waals surface area (Å²) in [5, 5.41) is 11.9. The van der Waals surface area contributed by atoms with Crippen LogP contribution >= 0.6 is 15.9 Å². The predicted molar refractivity (Wildman–Crippen MR) is 264 cm³/mol. The van der Waals surface area contributed by atoms with E-state index < -0.39 is 11.9 Å². The lowest BCUT2D eigenvalue weighted by Crippen LogP contribution is -2.39. The lowest BCUT2D eigenvalue weighted by Gasteiger charge is -2.29. The van der Waals surface area contributed by atoms with E-state index in [9.17, 15) is 28.8 Å². The molecule has 4 aromatic carbocycles. The van der Waals surface area contributed by atoms with Crippen LogP contribution < -0.4 is 29.5 Å². The Balaban J connectivity index is 0.000000189. The molecule has 3 aliphatic rings. The monoisotopic (exact) mass is 1010 g/mol. The van der Waals surface area contributed by atoms with Crippen LogP contribution in [0.4, 0.5) is 22.7 Å². The Morgan fingerprint density at radius 3 is 1.37 bits per heavy atom. The van der Waals surface area contributed by atoms with E-state index in [2.05, 4.69) is 31.4 Å². The molecule has 0 radical (unpaired) electrons. The SMILES string of the molecule is CCOC(=O)c1nn(-c2ccc(OC)cc2)c2c1CCN(c1ccc(N3CCCCC3=O)cc1)C2=O.CCOC(=O)c1nn(-c2ccc(OC)cc2)c2c1CCN(c1ccc(NC(=O)CBr)cc1)C2=O. The molecule has 4 amide bonds. The van der Waals surface area contributed by atoms with Gasteiger partial charge in [0.15, 0.2) is 11.4 Å². The summed E-state index contributed by atoms with van der Waals surface area (Å²) < 4.78 is 23.9. The second kappa shape index (κ2) is 21.7. The van der Waals surface area contributed by atoms with Gasteiger partial charge in [0.25, 0.3) is 11.8 Å². The molecule has 3 aliphatic heterocycles. The Hall–Kier alpha value is -7.80. The van der Waals surface area contributed by atoms with Crippen molar-refractivity contribution in [1.82, 2.24) is 19.6 Å². The maximum absolute atomic E-state index is 13.8. The number of hydrogen-bond donors (Lipinski definition) is 1. The largest absolute Gasteiger partial charge is 0.497 e. The van der Waals surface area contributed by atoms with Crippen LogP contribution in [0.25, 0.3) is 11.4 Å². The first-order valence-electron chi connectivity index (χ1n) is 22.8. The Morgan fingerprint density at radius 2 is 0.971 bits per heavy atom. The van der Waals surface area contributed by atoms with E-state index in [0.717, 1.165) is 24.2 Å². The number of rotatable bonds is 13. The van der Waals surface area contributed by atoms with Gasteiger partial charge in [-0.3, -0.25) is 19.2 Å². The number of carbonyl (C=O) groups excluding carboxylic acids is 6. The highest BCUT2D eigenvalue weighted by Crippen LogP contribution is 2.33. The molecule has 2 aromatic heterocycles. The molecule has 1 saturated heterocycles. The number of hydrogen-bond acceptors (Lipinski definition) is 12. The molecule has 0 spiro atoms. The number of nitrogens with zero attached hydrogens (tertiary/aromatic N) is 7. The first-order valence-corrected chi connectivity index (χ1v) is 24.0. The zero-order chi connectivity index (χ0) is 49.5. The second-order valence-electron chi connectivity index (χ2n) is 16.2. The summed E-state index contributed by atoms with van der Waals surface area (Å²) in [5.41, 5.74) is 6.23. The molecule has 1 N–H and O–H groups in total. The van der Waals surface area contributed by atoms with E-state index in [1.54, 1.807) is 116 Å². The Bertz CT molecular complexity index is 2920. The van der Waals surface area contributed by atoms with Gasteiger partial charge < -0.3 is 39.0 Å². The van der Waals surface area contributed by atoms with E-state index in [-0.39, 0.29) is 53.6 Å². The molecule has 0 aliphatic carbocycles. The maximum Gasteiger partial charge on any atom is 0.359 e. The Morgan fingerprint density at radius 1 is 0.557 bits per heavy atom. The topological polar surface area (TPSA) is 197 Å². The average Bonchev–Trinajstić information content (AvgIpc) is 3.99.